The number of rotatable bonds is 31. The second kappa shape index (κ2) is 32.4. The van der Waals surface area contributed by atoms with Crippen LogP contribution in [0.1, 0.15) is 181 Å². The first kappa shape index (κ1) is 38.9. The van der Waals surface area contributed by atoms with E-state index in [4.69, 9.17) is 0 Å². The van der Waals surface area contributed by atoms with Crippen molar-refractivity contribution in [3.8, 4) is 0 Å². The van der Waals surface area contributed by atoms with Crippen molar-refractivity contribution in [1.82, 2.24) is 5.32 Å². The van der Waals surface area contributed by atoms with Crippen LogP contribution in [0.3, 0.4) is 0 Å². The quantitative estimate of drug-likeness (QED) is 0.0580. The maximum Gasteiger partial charge on any atom is 0.220 e. The summed E-state index contributed by atoms with van der Waals surface area (Å²) in [6, 6.07) is -0.631. The Morgan fingerprint density at radius 2 is 0.975 bits per heavy atom. The number of nitrogens with one attached hydrogen (secondary N) is 1. The minimum atomic E-state index is -0.854. The van der Waals surface area contributed by atoms with Crippen molar-refractivity contribution in [2.24, 2.45) is 0 Å². The number of aliphatic hydroxyl groups excluding tert-OH is 2. The zero-order valence-electron chi connectivity index (χ0n) is 26.9. The summed E-state index contributed by atoms with van der Waals surface area (Å²) in [5, 5.41) is 22.7. The molecule has 0 unspecified atom stereocenters. The molecule has 0 fully saturated rings. The number of allylic oxidation sites excluding steroid dienone is 3. The third-order valence-corrected chi connectivity index (χ3v) is 7.94. The molecule has 0 aliphatic heterocycles. The monoisotopic (exact) mass is 564 g/mol. The van der Waals surface area contributed by atoms with Crippen LogP contribution in [0.2, 0.25) is 0 Å². The van der Waals surface area contributed by atoms with Gasteiger partial charge in [-0.15, -0.1) is 0 Å². The molecule has 0 aliphatic carbocycles. The van der Waals surface area contributed by atoms with Crippen LogP contribution in [0.15, 0.2) is 24.3 Å². The molecule has 0 saturated carbocycles. The lowest BCUT2D eigenvalue weighted by Crippen LogP contribution is -2.45. The van der Waals surface area contributed by atoms with Crippen molar-refractivity contribution >= 4 is 5.91 Å². The highest BCUT2D eigenvalue weighted by molar-refractivity contribution is 5.76. The summed E-state index contributed by atoms with van der Waals surface area (Å²) in [6.07, 6.45) is 39.8. The molecule has 0 bridgehead atoms. The molecular formula is C36H69NO3. The SMILES string of the molecule is CCCCC/C=C/CC/C=C/[C@@H](O)[C@H](CO)NC(=O)CCCCCCCCCCCCCCCCCCCCC. The molecule has 0 radical (unpaired) electrons. The molecule has 0 saturated heterocycles. The summed E-state index contributed by atoms with van der Waals surface area (Å²) in [5.41, 5.74) is 0. The summed E-state index contributed by atoms with van der Waals surface area (Å²) in [4.78, 5) is 12.3. The van der Waals surface area contributed by atoms with E-state index in [1.807, 2.05) is 6.08 Å². The average Bonchev–Trinajstić information content (AvgIpc) is 2.96. The van der Waals surface area contributed by atoms with Gasteiger partial charge in [-0.3, -0.25) is 4.79 Å². The lowest BCUT2D eigenvalue weighted by atomic mass is 10.0. The number of carbonyl (C=O) groups excluding carboxylic acids is 1. The Morgan fingerprint density at radius 3 is 1.45 bits per heavy atom. The van der Waals surface area contributed by atoms with Crippen LogP contribution in [0.4, 0.5) is 0 Å². The molecule has 0 spiro atoms. The third kappa shape index (κ3) is 28.4. The van der Waals surface area contributed by atoms with Gasteiger partial charge in [0.2, 0.25) is 5.91 Å². The van der Waals surface area contributed by atoms with Crippen molar-refractivity contribution in [2.45, 2.75) is 193 Å². The second-order valence-electron chi connectivity index (χ2n) is 11.9. The van der Waals surface area contributed by atoms with Crippen LogP contribution in [0.25, 0.3) is 0 Å². The maximum absolute atomic E-state index is 12.3. The molecule has 0 aliphatic rings. The topological polar surface area (TPSA) is 69.6 Å². The van der Waals surface area contributed by atoms with E-state index in [1.165, 1.54) is 128 Å². The van der Waals surface area contributed by atoms with E-state index in [1.54, 1.807) is 6.08 Å². The number of unbranched alkanes of at least 4 members (excludes halogenated alkanes) is 22. The Morgan fingerprint density at radius 1 is 0.575 bits per heavy atom. The zero-order valence-corrected chi connectivity index (χ0v) is 26.9. The van der Waals surface area contributed by atoms with Gasteiger partial charge in [0, 0.05) is 6.42 Å². The van der Waals surface area contributed by atoms with E-state index in [0.717, 1.165) is 32.1 Å². The lowest BCUT2D eigenvalue weighted by molar-refractivity contribution is -0.123. The molecule has 1 amide bonds. The Hall–Kier alpha value is -1.13. The van der Waals surface area contributed by atoms with Gasteiger partial charge >= 0.3 is 0 Å². The summed E-state index contributed by atoms with van der Waals surface area (Å²) in [6.45, 7) is 4.24. The highest BCUT2D eigenvalue weighted by Crippen LogP contribution is 2.15. The summed E-state index contributed by atoms with van der Waals surface area (Å²) < 4.78 is 0. The van der Waals surface area contributed by atoms with E-state index in [9.17, 15) is 15.0 Å². The van der Waals surface area contributed by atoms with Gasteiger partial charge in [-0.1, -0.05) is 167 Å². The van der Waals surface area contributed by atoms with Gasteiger partial charge in [-0.05, 0) is 32.1 Å². The Bertz CT molecular complexity index is 574. The number of carbonyl (C=O) groups is 1. The smallest absolute Gasteiger partial charge is 0.220 e. The standard InChI is InChI=1S/C36H69NO3/c1-3-5-7-9-11-13-14-15-16-17-18-19-20-21-22-24-26-28-30-32-36(40)37-34(33-38)35(39)31-29-27-25-23-12-10-8-6-4-2/h12,23,29,31,34-35,38-39H,3-11,13-22,24-28,30,32-33H2,1-2H3,(H,37,40)/b23-12+,31-29+/t34-,35+/m0/s1. The summed E-state index contributed by atoms with van der Waals surface area (Å²) in [5.74, 6) is -0.0755. The van der Waals surface area contributed by atoms with Gasteiger partial charge in [0.05, 0.1) is 18.8 Å². The van der Waals surface area contributed by atoms with Crippen LogP contribution in [-0.4, -0.2) is 34.9 Å². The molecule has 0 heterocycles. The number of hydrogen-bond acceptors (Lipinski definition) is 3. The van der Waals surface area contributed by atoms with Crippen molar-refractivity contribution in [2.75, 3.05) is 6.61 Å². The number of amides is 1. The second-order valence-corrected chi connectivity index (χ2v) is 11.9. The van der Waals surface area contributed by atoms with Crippen molar-refractivity contribution in [3.05, 3.63) is 24.3 Å². The first-order chi connectivity index (χ1) is 19.7. The van der Waals surface area contributed by atoms with Crippen LogP contribution in [0.5, 0.6) is 0 Å². The molecule has 236 valence electrons. The summed E-state index contributed by atoms with van der Waals surface area (Å²) >= 11 is 0. The predicted octanol–water partition coefficient (Wildman–Crippen LogP) is 10.1. The minimum absolute atomic E-state index is 0.0755. The van der Waals surface area contributed by atoms with E-state index in [-0.39, 0.29) is 12.5 Å². The molecule has 0 aromatic heterocycles. The molecule has 4 heteroatoms. The largest absolute Gasteiger partial charge is 0.394 e. The average molecular weight is 564 g/mol. The van der Waals surface area contributed by atoms with Gasteiger partial charge in [0.25, 0.3) is 0 Å². The van der Waals surface area contributed by atoms with Gasteiger partial charge in [-0.25, -0.2) is 0 Å². The van der Waals surface area contributed by atoms with Crippen molar-refractivity contribution in [1.29, 1.82) is 0 Å². The first-order valence-corrected chi connectivity index (χ1v) is 17.6. The van der Waals surface area contributed by atoms with Gasteiger partial charge in [-0.2, -0.15) is 0 Å². The molecule has 40 heavy (non-hydrogen) atoms. The number of aliphatic hydroxyl groups is 2. The fourth-order valence-corrected chi connectivity index (χ4v) is 5.19. The van der Waals surface area contributed by atoms with Crippen molar-refractivity contribution < 1.29 is 15.0 Å². The Balaban J connectivity index is 3.56. The molecule has 4 nitrogen and oxygen atoms in total. The predicted molar refractivity (Wildman–Crippen MR) is 175 cm³/mol. The Labute approximate surface area is 249 Å². The fraction of sp³-hybridized carbons (Fsp3) is 0.861. The molecule has 0 aromatic carbocycles. The van der Waals surface area contributed by atoms with Crippen LogP contribution in [0, 0.1) is 0 Å². The van der Waals surface area contributed by atoms with E-state index < -0.39 is 12.1 Å². The highest BCUT2D eigenvalue weighted by Gasteiger charge is 2.17. The number of hydrogen-bond donors (Lipinski definition) is 3. The molecule has 0 aromatic rings. The molecule has 3 N–H and O–H groups in total. The summed E-state index contributed by atoms with van der Waals surface area (Å²) in [7, 11) is 0. The third-order valence-electron chi connectivity index (χ3n) is 7.94. The molecule has 2 atom stereocenters. The van der Waals surface area contributed by atoms with E-state index in [2.05, 4.69) is 31.3 Å². The van der Waals surface area contributed by atoms with Crippen LogP contribution < -0.4 is 5.32 Å². The first-order valence-electron chi connectivity index (χ1n) is 17.6. The zero-order chi connectivity index (χ0) is 29.4. The minimum Gasteiger partial charge on any atom is -0.394 e. The maximum atomic E-state index is 12.3. The fourth-order valence-electron chi connectivity index (χ4n) is 5.19. The highest BCUT2D eigenvalue weighted by atomic mass is 16.3. The van der Waals surface area contributed by atoms with Crippen molar-refractivity contribution in [3.63, 3.8) is 0 Å². The molecule has 0 rings (SSSR count). The van der Waals surface area contributed by atoms with E-state index in [0.29, 0.717) is 6.42 Å². The van der Waals surface area contributed by atoms with Gasteiger partial charge < -0.3 is 15.5 Å². The van der Waals surface area contributed by atoms with Gasteiger partial charge in [0.1, 0.15) is 0 Å². The Kier molecular flexibility index (Phi) is 31.5. The van der Waals surface area contributed by atoms with Crippen LogP contribution >= 0.6 is 0 Å². The molecular weight excluding hydrogens is 494 g/mol. The normalized spacial score (nSPS) is 13.4. The lowest BCUT2D eigenvalue weighted by Gasteiger charge is -2.19. The van der Waals surface area contributed by atoms with E-state index >= 15 is 0 Å². The van der Waals surface area contributed by atoms with Gasteiger partial charge in [0.15, 0.2) is 0 Å². The van der Waals surface area contributed by atoms with Crippen LogP contribution in [-0.2, 0) is 4.79 Å².